The molecule has 20 heavy (non-hydrogen) atoms. The average Bonchev–Trinajstić information content (AvgIpc) is 2.46. The molecule has 0 unspecified atom stereocenters. The molecule has 0 bridgehead atoms. The van der Waals surface area contributed by atoms with Crippen LogP contribution >= 0.6 is 0 Å². The van der Waals surface area contributed by atoms with Gasteiger partial charge in [-0.3, -0.25) is 0 Å². The Morgan fingerprint density at radius 1 is 1.00 bits per heavy atom. The molecule has 2 heteroatoms. The highest BCUT2D eigenvalue weighted by Gasteiger charge is 2.00. The monoisotopic (exact) mass is 271 g/mol. The summed E-state index contributed by atoms with van der Waals surface area (Å²) in [5, 5.41) is 6.04. The number of nitrogens with one attached hydrogen (secondary N) is 1. The summed E-state index contributed by atoms with van der Waals surface area (Å²) >= 11 is 0. The quantitative estimate of drug-likeness (QED) is 0.740. The van der Waals surface area contributed by atoms with Crippen LogP contribution in [0.3, 0.4) is 0 Å². The zero-order valence-electron chi connectivity index (χ0n) is 12.6. The summed E-state index contributed by atoms with van der Waals surface area (Å²) in [4.78, 5) is 0. The Morgan fingerprint density at radius 2 is 1.80 bits per heavy atom. The van der Waals surface area contributed by atoms with Crippen LogP contribution in [-0.4, -0.2) is 26.3 Å². The van der Waals surface area contributed by atoms with E-state index in [1.165, 1.54) is 16.3 Å². The van der Waals surface area contributed by atoms with Crippen LogP contribution in [0.25, 0.3) is 10.8 Å². The summed E-state index contributed by atoms with van der Waals surface area (Å²) in [5.41, 5.74) is 1.37. The first-order valence-corrected chi connectivity index (χ1v) is 7.52. The first-order valence-electron chi connectivity index (χ1n) is 7.52. The van der Waals surface area contributed by atoms with E-state index in [0.29, 0.717) is 5.92 Å². The Balaban J connectivity index is 1.73. The number of ether oxygens (including phenoxy) is 1. The molecule has 2 rings (SSSR count). The second-order valence-corrected chi connectivity index (χ2v) is 5.60. The second kappa shape index (κ2) is 8.03. The van der Waals surface area contributed by atoms with E-state index < -0.39 is 0 Å². The van der Waals surface area contributed by atoms with E-state index in [1.54, 1.807) is 0 Å². The maximum Gasteiger partial charge on any atom is 0.0591 e. The lowest BCUT2D eigenvalue weighted by Gasteiger charge is -2.09. The van der Waals surface area contributed by atoms with E-state index in [9.17, 15) is 0 Å². The Bertz CT molecular complexity index is 516. The van der Waals surface area contributed by atoms with E-state index in [4.69, 9.17) is 4.74 Å². The van der Waals surface area contributed by atoms with E-state index in [0.717, 1.165) is 32.7 Å². The van der Waals surface area contributed by atoms with E-state index in [-0.39, 0.29) is 0 Å². The SMILES string of the molecule is CC(C)CNCCOCCc1cccc2ccccc12. The fourth-order valence-corrected chi connectivity index (χ4v) is 2.33. The highest BCUT2D eigenvalue weighted by molar-refractivity contribution is 5.85. The van der Waals surface area contributed by atoms with Gasteiger partial charge in [0.05, 0.1) is 13.2 Å². The lowest BCUT2D eigenvalue weighted by atomic mass is 10.0. The lowest BCUT2D eigenvalue weighted by Crippen LogP contribution is -2.24. The van der Waals surface area contributed by atoms with Crippen molar-refractivity contribution >= 4 is 10.8 Å². The molecule has 0 amide bonds. The molecule has 0 saturated carbocycles. The van der Waals surface area contributed by atoms with Crippen molar-refractivity contribution in [2.75, 3.05) is 26.3 Å². The number of benzene rings is 2. The maximum absolute atomic E-state index is 5.71. The fourth-order valence-electron chi connectivity index (χ4n) is 2.33. The Morgan fingerprint density at radius 3 is 2.65 bits per heavy atom. The summed E-state index contributed by atoms with van der Waals surface area (Å²) < 4.78 is 5.71. The van der Waals surface area contributed by atoms with E-state index in [2.05, 4.69) is 61.6 Å². The molecule has 0 aliphatic carbocycles. The standard InChI is InChI=1S/C18H25NO/c1-15(2)14-19-11-13-20-12-10-17-8-5-7-16-6-3-4-9-18(16)17/h3-9,15,19H,10-14H2,1-2H3. The van der Waals surface area contributed by atoms with Crippen LogP contribution in [0, 0.1) is 5.92 Å². The predicted molar refractivity (Wildman–Crippen MR) is 86.2 cm³/mol. The minimum atomic E-state index is 0.700. The van der Waals surface area contributed by atoms with Crippen molar-refractivity contribution in [2.24, 2.45) is 5.92 Å². The second-order valence-electron chi connectivity index (χ2n) is 5.60. The fraction of sp³-hybridized carbons (Fsp3) is 0.444. The molecule has 0 aliphatic rings. The zero-order chi connectivity index (χ0) is 14.2. The molecule has 0 atom stereocenters. The molecule has 2 aromatic carbocycles. The average molecular weight is 271 g/mol. The molecule has 0 fully saturated rings. The first kappa shape index (κ1) is 15.0. The van der Waals surface area contributed by atoms with Crippen LogP contribution in [0.5, 0.6) is 0 Å². The first-order chi connectivity index (χ1) is 9.77. The normalized spacial score (nSPS) is 11.3. The molecule has 0 radical (unpaired) electrons. The van der Waals surface area contributed by atoms with Crippen molar-refractivity contribution < 1.29 is 4.74 Å². The third-order valence-electron chi connectivity index (χ3n) is 3.37. The minimum Gasteiger partial charge on any atom is -0.380 e. The number of hydrogen-bond donors (Lipinski definition) is 1. The largest absolute Gasteiger partial charge is 0.380 e. The Hall–Kier alpha value is -1.38. The molecule has 0 heterocycles. The van der Waals surface area contributed by atoms with Crippen molar-refractivity contribution in [3.63, 3.8) is 0 Å². The molecule has 0 spiro atoms. The Kier molecular flexibility index (Phi) is 6.03. The molecule has 1 N–H and O–H groups in total. The van der Waals surface area contributed by atoms with Gasteiger partial charge in [-0.15, -0.1) is 0 Å². The summed E-state index contributed by atoms with van der Waals surface area (Å²) in [6.07, 6.45) is 0.978. The molecule has 0 aliphatic heterocycles. The van der Waals surface area contributed by atoms with Gasteiger partial charge in [0.15, 0.2) is 0 Å². The molecule has 0 saturated heterocycles. The van der Waals surface area contributed by atoms with Gasteiger partial charge in [-0.05, 0) is 35.2 Å². The van der Waals surface area contributed by atoms with Gasteiger partial charge < -0.3 is 10.1 Å². The smallest absolute Gasteiger partial charge is 0.0591 e. The van der Waals surface area contributed by atoms with Crippen LogP contribution in [-0.2, 0) is 11.2 Å². The van der Waals surface area contributed by atoms with Crippen LogP contribution in [0.4, 0.5) is 0 Å². The van der Waals surface area contributed by atoms with Crippen molar-refractivity contribution in [1.29, 1.82) is 0 Å². The molecule has 2 nitrogen and oxygen atoms in total. The molecule has 2 aromatic rings. The van der Waals surface area contributed by atoms with E-state index in [1.807, 2.05) is 0 Å². The number of rotatable bonds is 8. The van der Waals surface area contributed by atoms with Gasteiger partial charge in [0.25, 0.3) is 0 Å². The van der Waals surface area contributed by atoms with Crippen LogP contribution < -0.4 is 5.32 Å². The van der Waals surface area contributed by atoms with E-state index >= 15 is 0 Å². The van der Waals surface area contributed by atoms with Gasteiger partial charge in [-0.2, -0.15) is 0 Å². The minimum absolute atomic E-state index is 0.700. The number of hydrogen-bond acceptors (Lipinski definition) is 2. The van der Waals surface area contributed by atoms with Crippen LogP contribution in [0.1, 0.15) is 19.4 Å². The lowest BCUT2D eigenvalue weighted by molar-refractivity contribution is 0.138. The van der Waals surface area contributed by atoms with Gasteiger partial charge in [0.2, 0.25) is 0 Å². The summed E-state index contributed by atoms with van der Waals surface area (Å²) in [7, 11) is 0. The predicted octanol–water partition coefficient (Wildman–Crippen LogP) is 3.64. The highest BCUT2D eigenvalue weighted by atomic mass is 16.5. The molecule has 108 valence electrons. The molecule has 0 aromatic heterocycles. The van der Waals surface area contributed by atoms with Crippen LogP contribution in [0.2, 0.25) is 0 Å². The zero-order valence-corrected chi connectivity index (χ0v) is 12.6. The molecular weight excluding hydrogens is 246 g/mol. The summed E-state index contributed by atoms with van der Waals surface area (Å²) in [5.74, 6) is 0.700. The van der Waals surface area contributed by atoms with Crippen molar-refractivity contribution in [1.82, 2.24) is 5.32 Å². The van der Waals surface area contributed by atoms with Crippen molar-refractivity contribution in [3.8, 4) is 0 Å². The van der Waals surface area contributed by atoms with Gasteiger partial charge in [-0.1, -0.05) is 56.3 Å². The number of fused-ring (bicyclic) bond motifs is 1. The van der Waals surface area contributed by atoms with Crippen LogP contribution in [0.15, 0.2) is 42.5 Å². The third kappa shape index (κ3) is 4.62. The van der Waals surface area contributed by atoms with Gasteiger partial charge in [-0.25, -0.2) is 0 Å². The Labute approximate surface area is 122 Å². The third-order valence-corrected chi connectivity index (χ3v) is 3.37. The maximum atomic E-state index is 5.71. The molecular formula is C18H25NO. The van der Waals surface area contributed by atoms with Crippen molar-refractivity contribution in [3.05, 3.63) is 48.0 Å². The van der Waals surface area contributed by atoms with Gasteiger partial charge in [0, 0.05) is 6.54 Å². The van der Waals surface area contributed by atoms with Crippen molar-refractivity contribution in [2.45, 2.75) is 20.3 Å². The topological polar surface area (TPSA) is 21.3 Å². The summed E-state index contributed by atoms with van der Waals surface area (Å²) in [6, 6.07) is 15.0. The highest BCUT2D eigenvalue weighted by Crippen LogP contribution is 2.18. The summed E-state index contributed by atoms with van der Waals surface area (Å²) in [6.45, 7) is 8.01. The van der Waals surface area contributed by atoms with Gasteiger partial charge >= 0.3 is 0 Å². The van der Waals surface area contributed by atoms with Gasteiger partial charge in [0.1, 0.15) is 0 Å².